The fraction of sp³-hybridized carbons (Fsp3) is 0.300. The first kappa shape index (κ1) is 8.10. The van der Waals surface area contributed by atoms with Gasteiger partial charge in [0.15, 0.2) is 5.58 Å². The molecule has 2 N–H and O–H groups in total. The van der Waals surface area contributed by atoms with Crippen LogP contribution in [0.15, 0.2) is 22.8 Å². The third-order valence-electron chi connectivity index (χ3n) is 2.05. The molecular formula is C10H12N2O. The minimum Gasteiger partial charge on any atom is -0.460 e. The molecule has 0 unspecified atom stereocenters. The highest BCUT2D eigenvalue weighted by atomic mass is 16.3. The number of nitrogen functional groups attached to an aromatic ring is 1. The van der Waals surface area contributed by atoms with Crippen molar-refractivity contribution in [2.24, 2.45) is 0 Å². The Kier molecular flexibility index (Phi) is 1.72. The van der Waals surface area contributed by atoms with E-state index in [0.29, 0.717) is 17.2 Å². The number of aromatic nitrogens is 1. The van der Waals surface area contributed by atoms with Crippen LogP contribution in [-0.2, 0) is 0 Å². The highest BCUT2D eigenvalue weighted by Gasteiger charge is 2.07. The molecule has 0 aromatic carbocycles. The predicted molar refractivity (Wildman–Crippen MR) is 52.5 cm³/mol. The summed E-state index contributed by atoms with van der Waals surface area (Å²) in [5.74, 6) is 0.390. The summed E-state index contributed by atoms with van der Waals surface area (Å²) in [5, 5.41) is 0. The molecule has 3 nitrogen and oxygen atoms in total. The molecule has 13 heavy (non-hydrogen) atoms. The van der Waals surface area contributed by atoms with Gasteiger partial charge in [0.2, 0.25) is 0 Å². The van der Waals surface area contributed by atoms with Gasteiger partial charge in [0.1, 0.15) is 5.52 Å². The third kappa shape index (κ3) is 1.26. The van der Waals surface area contributed by atoms with Crippen LogP contribution in [0.3, 0.4) is 0 Å². The van der Waals surface area contributed by atoms with Gasteiger partial charge in [-0.3, -0.25) is 0 Å². The van der Waals surface area contributed by atoms with Crippen molar-refractivity contribution in [1.82, 2.24) is 4.98 Å². The molecule has 2 aromatic rings. The van der Waals surface area contributed by atoms with E-state index in [2.05, 4.69) is 18.8 Å². The Bertz CT molecular complexity index is 431. The van der Waals surface area contributed by atoms with Gasteiger partial charge in [-0.15, -0.1) is 0 Å². The molecule has 68 valence electrons. The van der Waals surface area contributed by atoms with E-state index in [1.165, 1.54) is 0 Å². The van der Waals surface area contributed by atoms with Gasteiger partial charge in [-0.05, 0) is 12.0 Å². The van der Waals surface area contributed by atoms with E-state index in [4.69, 9.17) is 10.2 Å². The average Bonchev–Trinajstić information content (AvgIpc) is 2.51. The number of pyridine rings is 1. The summed E-state index contributed by atoms with van der Waals surface area (Å²) >= 11 is 0. The summed E-state index contributed by atoms with van der Waals surface area (Å²) in [7, 11) is 0. The number of rotatable bonds is 1. The molecule has 0 aliphatic carbocycles. The second-order valence-corrected chi connectivity index (χ2v) is 3.43. The zero-order valence-electron chi connectivity index (χ0n) is 7.74. The van der Waals surface area contributed by atoms with Crippen molar-refractivity contribution < 1.29 is 4.42 Å². The van der Waals surface area contributed by atoms with Crippen LogP contribution in [0.2, 0.25) is 0 Å². The van der Waals surface area contributed by atoms with Gasteiger partial charge in [0, 0.05) is 11.8 Å². The first-order chi connectivity index (χ1) is 6.18. The molecule has 3 heteroatoms. The van der Waals surface area contributed by atoms with E-state index >= 15 is 0 Å². The first-order valence-electron chi connectivity index (χ1n) is 4.32. The zero-order valence-corrected chi connectivity index (χ0v) is 7.74. The fourth-order valence-corrected chi connectivity index (χ4v) is 1.30. The van der Waals surface area contributed by atoms with Crippen LogP contribution in [-0.4, -0.2) is 4.98 Å². The number of nitrogens with two attached hydrogens (primary N) is 1. The van der Waals surface area contributed by atoms with Crippen molar-refractivity contribution in [1.29, 1.82) is 0 Å². The van der Waals surface area contributed by atoms with Crippen molar-refractivity contribution in [2.45, 2.75) is 19.8 Å². The van der Waals surface area contributed by atoms with Gasteiger partial charge < -0.3 is 10.2 Å². The van der Waals surface area contributed by atoms with Crippen molar-refractivity contribution in [3.8, 4) is 0 Å². The quantitative estimate of drug-likeness (QED) is 0.726. The van der Waals surface area contributed by atoms with Crippen molar-refractivity contribution >= 4 is 16.8 Å². The van der Waals surface area contributed by atoms with E-state index in [1.807, 2.05) is 12.1 Å². The maximum atomic E-state index is 5.81. The lowest BCUT2D eigenvalue weighted by Gasteiger charge is -2.04. The summed E-state index contributed by atoms with van der Waals surface area (Å²) in [5.41, 5.74) is 9.00. The molecule has 0 spiro atoms. The van der Waals surface area contributed by atoms with Crippen LogP contribution >= 0.6 is 0 Å². The maximum absolute atomic E-state index is 5.81. The summed E-state index contributed by atoms with van der Waals surface area (Å²) in [6.07, 6.45) is 1.61. The molecule has 0 radical (unpaired) electrons. The number of hydrogen-bond donors (Lipinski definition) is 1. The Balaban J connectivity index is 2.70. The second-order valence-electron chi connectivity index (χ2n) is 3.43. The zero-order chi connectivity index (χ0) is 9.42. The van der Waals surface area contributed by atoms with E-state index in [9.17, 15) is 0 Å². The number of anilines is 1. The summed E-state index contributed by atoms with van der Waals surface area (Å²) in [6.45, 7) is 4.18. The topological polar surface area (TPSA) is 52.0 Å². The van der Waals surface area contributed by atoms with Gasteiger partial charge in [-0.2, -0.15) is 0 Å². The minimum atomic E-state index is 0.390. The molecule has 0 aliphatic rings. The van der Waals surface area contributed by atoms with Gasteiger partial charge in [0.05, 0.1) is 12.0 Å². The van der Waals surface area contributed by atoms with E-state index in [0.717, 1.165) is 11.2 Å². The molecule has 2 heterocycles. The molecule has 0 amide bonds. The molecule has 0 fully saturated rings. The van der Waals surface area contributed by atoms with Gasteiger partial charge >= 0.3 is 0 Å². The van der Waals surface area contributed by atoms with E-state index in [-0.39, 0.29) is 0 Å². The lowest BCUT2D eigenvalue weighted by atomic mass is 10.1. The second kappa shape index (κ2) is 2.76. The molecular weight excluding hydrogens is 164 g/mol. The molecule has 0 atom stereocenters. The average molecular weight is 176 g/mol. The van der Waals surface area contributed by atoms with Crippen LogP contribution in [0.1, 0.15) is 25.5 Å². The van der Waals surface area contributed by atoms with Crippen molar-refractivity contribution in [3.63, 3.8) is 0 Å². The summed E-state index contributed by atoms with van der Waals surface area (Å²) in [4.78, 5) is 4.42. The number of furan rings is 1. The van der Waals surface area contributed by atoms with Crippen LogP contribution in [0.5, 0.6) is 0 Å². The lowest BCUT2D eigenvalue weighted by molar-refractivity contribution is 0.616. The van der Waals surface area contributed by atoms with Crippen LogP contribution in [0, 0.1) is 0 Å². The van der Waals surface area contributed by atoms with E-state index < -0.39 is 0 Å². The Hall–Kier alpha value is -1.51. The Labute approximate surface area is 76.6 Å². The highest BCUT2D eigenvalue weighted by Crippen LogP contribution is 2.24. The molecule has 2 aromatic heterocycles. The summed E-state index contributed by atoms with van der Waals surface area (Å²) in [6, 6.07) is 3.70. The minimum absolute atomic E-state index is 0.390. The van der Waals surface area contributed by atoms with Gasteiger partial charge in [0.25, 0.3) is 0 Å². The summed E-state index contributed by atoms with van der Waals surface area (Å²) < 4.78 is 5.20. The largest absolute Gasteiger partial charge is 0.460 e. The number of hydrogen-bond acceptors (Lipinski definition) is 3. The van der Waals surface area contributed by atoms with Crippen LogP contribution in [0.4, 0.5) is 5.69 Å². The predicted octanol–water partition coefficient (Wildman–Crippen LogP) is 2.53. The Morgan fingerprint density at radius 1 is 1.46 bits per heavy atom. The fourth-order valence-electron chi connectivity index (χ4n) is 1.30. The third-order valence-corrected chi connectivity index (χ3v) is 2.05. The van der Waals surface area contributed by atoms with E-state index in [1.54, 1.807) is 6.26 Å². The standard InChI is InChI=1S/C10H12N2O/c1-6(2)9-5-7(11)10-8(12-9)3-4-13-10/h3-6H,1-2H3,(H2,11,12). The van der Waals surface area contributed by atoms with Gasteiger partial charge in [-0.1, -0.05) is 13.8 Å². The monoisotopic (exact) mass is 176 g/mol. The number of fused-ring (bicyclic) bond motifs is 1. The van der Waals surface area contributed by atoms with Crippen molar-refractivity contribution in [2.75, 3.05) is 5.73 Å². The Morgan fingerprint density at radius 3 is 2.92 bits per heavy atom. The molecule has 0 saturated carbocycles. The maximum Gasteiger partial charge on any atom is 0.175 e. The van der Waals surface area contributed by atoms with Crippen LogP contribution < -0.4 is 5.73 Å². The van der Waals surface area contributed by atoms with Crippen LogP contribution in [0.25, 0.3) is 11.1 Å². The molecule has 0 bridgehead atoms. The first-order valence-corrected chi connectivity index (χ1v) is 4.32. The smallest absolute Gasteiger partial charge is 0.175 e. The van der Waals surface area contributed by atoms with Gasteiger partial charge in [-0.25, -0.2) is 4.98 Å². The Morgan fingerprint density at radius 2 is 2.23 bits per heavy atom. The molecule has 0 aliphatic heterocycles. The molecule has 0 saturated heterocycles. The number of nitrogens with zero attached hydrogens (tertiary/aromatic N) is 1. The highest BCUT2D eigenvalue weighted by molar-refractivity contribution is 5.84. The molecule has 2 rings (SSSR count). The lowest BCUT2D eigenvalue weighted by Crippen LogP contribution is -1.95. The SMILES string of the molecule is CC(C)c1cc(N)c2occc2n1. The normalized spacial score (nSPS) is 11.3. The van der Waals surface area contributed by atoms with Crippen molar-refractivity contribution in [3.05, 3.63) is 24.1 Å².